The highest BCUT2D eigenvalue weighted by atomic mass is 35.5. The van der Waals surface area contributed by atoms with Crippen molar-refractivity contribution in [2.45, 2.75) is 38.6 Å². The van der Waals surface area contributed by atoms with Gasteiger partial charge in [-0.2, -0.15) is 4.98 Å². The summed E-state index contributed by atoms with van der Waals surface area (Å²) >= 11 is 6.21. The fourth-order valence-electron chi connectivity index (χ4n) is 4.44. The number of benzene rings is 2. The molecule has 0 saturated heterocycles. The first kappa shape index (κ1) is 24.2. The number of amidine groups is 1. The quantitative estimate of drug-likeness (QED) is 0.341. The van der Waals surface area contributed by atoms with E-state index in [1.165, 1.54) is 4.57 Å². The van der Waals surface area contributed by atoms with Gasteiger partial charge in [-0.25, -0.2) is 9.18 Å². The minimum Gasteiger partial charge on any atom is -0.370 e. The molecular formula is C27H28ClFN6O. The van der Waals surface area contributed by atoms with Crippen LogP contribution in [0.15, 0.2) is 58.4 Å². The molecule has 4 aromatic rings. The summed E-state index contributed by atoms with van der Waals surface area (Å²) in [5.41, 5.74) is 9.25. The Balaban J connectivity index is 1.47. The summed E-state index contributed by atoms with van der Waals surface area (Å²) in [5, 5.41) is 4.04. The third-order valence-corrected chi connectivity index (χ3v) is 6.60. The minimum atomic E-state index is -0.510. The largest absolute Gasteiger partial charge is 0.370 e. The van der Waals surface area contributed by atoms with Crippen LogP contribution in [-0.4, -0.2) is 39.5 Å². The van der Waals surface area contributed by atoms with Crippen molar-refractivity contribution in [2.24, 2.45) is 10.7 Å². The van der Waals surface area contributed by atoms with Crippen LogP contribution in [0.2, 0.25) is 5.02 Å². The summed E-state index contributed by atoms with van der Waals surface area (Å²) < 4.78 is 16.5. The van der Waals surface area contributed by atoms with Crippen LogP contribution in [0.4, 0.5) is 4.39 Å². The number of aliphatic imine (C=N–C) groups is 1. The van der Waals surface area contributed by atoms with Crippen LogP contribution in [-0.2, 0) is 6.42 Å². The van der Waals surface area contributed by atoms with Gasteiger partial charge >= 0.3 is 5.69 Å². The van der Waals surface area contributed by atoms with Crippen molar-refractivity contribution >= 4 is 28.5 Å². The molecule has 36 heavy (non-hydrogen) atoms. The van der Waals surface area contributed by atoms with E-state index in [2.05, 4.69) is 20.3 Å². The molecule has 0 saturated carbocycles. The Hall–Kier alpha value is -3.49. The molecule has 0 aliphatic carbocycles. The van der Waals surface area contributed by atoms with Gasteiger partial charge in [0.25, 0.3) is 0 Å². The third-order valence-electron chi connectivity index (χ3n) is 6.33. The molecule has 0 amide bonds. The predicted molar refractivity (Wildman–Crippen MR) is 143 cm³/mol. The zero-order valence-electron chi connectivity index (χ0n) is 20.0. The average Bonchev–Trinajstić information content (AvgIpc) is 3.28. The van der Waals surface area contributed by atoms with E-state index in [1.54, 1.807) is 24.4 Å². The van der Waals surface area contributed by atoms with Gasteiger partial charge in [-0.05, 0) is 80.6 Å². The van der Waals surface area contributed by atoms with E-state index in [0.717, 1.165) is 55.7 Å². The van der Waals surface area contributed by atoms with E-state index in [0.29, 0.717) is 28.0 Å². The van der Waals surface area contributed by atoms with Crippen molar-refractivity contribution in [3.8, 4) is 16.9 Å². The molecule has 1 aliphatic heterocycles. The highest BCUT2D eigenvalue weighted by Gasteiger charge is 2.16. The molecule has 186 valence electrons. The van der Waals surface area contributed by atoms with Crippen molar-refractivity contribution in [3.05, 3.63) is 81.1 Å². The number of aryl methyl sites for hydroxylation is 1. The molecule has 7 nitrogen and oxygen atoms in total. The molecule has 5 rings (SSSR count). The molecule has 0 fully saturated rings. The normalized spacial score (nSPS) is 14.5. The van der Waals surface area contributed by atoms with Gasteiger partial charge < -0.3 is 16.0 Å². The van der Waals surface area contributed by atoms with E-state index >= 15 is 0 Å². The zero-order valence-corrected chi connectivity index (χ0v) is 20.8. The highest BCUT2D eigenvalue weighted by Crippen LogP contribution is 2.31. The number of nitrogens with two attached hydrogens (primary N) is 1. The van der Waals surface area contributed by atoms with Crippen LogP contribution in [0.3, 0.4) is 0 Å². The molecule has 1 atom stereocenters. The van der Waals surface area contributed by atoms with Gasteiger partial charge in [-0.15, -0.1) is 0 Å². The number of aromatic amines is 1. The lowest BCUT2D eigenvalue weighted by molar-refractivity contribution is 0.618. The van der Waals surface area contributed by atoms with E-state index in [1.807, 2.05) is 31.2 Å². The second-order valence-corrected chi connectivity index (χ2v) is 9.65. The summed E-state index contributed by atoms with van der Waals surface area (Å²) in [4.78, 5) is 24.6. The van der Waals surface area contributed by atoms with Gasteiger partial charge in [0.2, 0.25) is 0 Å². The fraction of sp³-hybridized carbons (Fsp3) is 0.296. The summed E-state index contributed by atoms with van der Waals surface area (Å²) in [6.07, 6.45) is 5.24. The van der Waals surface area contributed by atoms with Crippen LogP contribution >= 0.6 is 11.6 Å². The number of nitrogens with zero attached hydrogens (tertiary/aromatic N) is 3. The predicted octanol–water partition coefficient (Wildman–Crippen LogP) is 4.58. The number of halogens is 2. The monoisotopic (exact) mass is 506 g/mol. The molecule has 0 unspecified atom stereocenters. The zero-order chi connectivity index (χ0) is 25.2. The molecule has 0 bridgehead atoms. The SMILES string of the molecule is C[C@H](N)CCCc1cc(Cl)c(F)c(-c2cc3cn(-c4ccc(C5=NCCCN5)cc4)c(=O)nc3[nH]2)c1. The van der Waals surface area contributed by atoms with Crippen LogP contribution in [0, 0.1) is 5.82 Å². The lowest BCUT2D eigenvalue weighted by atomic mass is 10.0. The topological polar surface area (TPSA) is 101 Å². The van der Waals surface area contributed by atoms with Gasteiger partial charge in [0.05, 0.1) is 16.4 Å². The molecule has 2 aromatic heterocycles. The fourth-order valence-corrected chi connectivity index (χ4v) is 4.69. The second-order valence-electron chi connectivity index (χ2n) is 9.25. The number of hydrogen-bond acceptors (Lipinski definition) is 5. The van der Waals surface area contributed by atoms with Gasteiger partial charge in [0, 0.05) is 41.8 Å². The van der Waals surface area contributed by atoms with E-state index < -0.39 is 11.5 Å². The van der Waals surface area contributed by atoms with Crippen molar-refractivity contribution in [2.75, 3.05) is 13.1 Å². The molecular weight excluding hydrogens is 479 g/mol. The molecule has 0 radical (unpaired) electrons. The Morgan fingerprint density at radius 1 is 1.22 bits per heavy atom. The molecule has 0 spiro atoms. The first-order valence-corrected chi connectivity index (χ1v) is 12.5. The number of nitrogens with one attached hydrogen (secondary N) is 2. The van der Waals surface area contributed by atoms with E-state index in [-0.39, 0.29) is 11.1 Å². The van der Waals surface area contributed by atoms with Crippen molar-refractivity contribution in [3.63, 3.8) is 0 Å². The Morgan fingerprint density at radius 2 is 2.03 bits per heavy atom. The standard InChI is InChI=1S/C27H28ClFN6O/c1-16(30)4-2-5-17-12-21(24(29)22(28)13-17)23-14-19-15-35(27(36)34-26(19)33-23)20-8-6-18(7-9-20)25-31-10-3-11-32-25/h6-9,12-16H,2-5,10-11,30H2,1H3,(H,31,32)(H,33,34,36)/t16-/m0/s1. The van der Waals surface area contributed by atoms with E-state index in [9.17, 15) is 9.18 Å². The summed E-state index contributed by atoms with van der Waals surface area (Å²) in [7, 11) is 0. The number of hydrogen-bond donors (Lipinski definition) is 3. The van der Waals surface area contributed by atoms with Gasteiger partial charge in [0.1, 0.15) is 11.5 Å². The molecule has 2 aromatic carbocycles. The number of rotatable bonds is 7. The van der Waals surface area contributed by atoms with E-state index in [4.69, 9.17) is 17.3 Å². The summed E-state index contributed by atoms with van der Waals surface area (Å²) in [5.74, 6) is 0.355. The second kappa shape index (κ2) is 10.2. The molecule has 1 aliphatic rings. The highest BCUT2D eigenvalue weighted by molar-refractivity contribution is 6.31. The van der Waals surface area contributed by atoms with Gasteiger partial charge in [-0.3, -0.25) is 9.56 Å². The maximum absolute atomic E-state index is 15.0. The smallest absolute Gasteiger partial charge is 0.354 e. The minimum absolute atomic E-state index is 0.0617. The van der Waals surface area contributed by atoms with Crippen LogP contribution in [0.1, 0.15) is 37.3 Å². The van der Waals surface area contributed by atoms with Crippen molar-refractivity contribution < 1.29 is 4.39 Å². The summed E-state index contributed by atoms with van der Waals surface area (Å²) in [6, 6.07) is 12.9. The average molecular weight is 507 g/mol. The Labute approximate surface area is 213 Å². The lowest BCUT2D eigenvalue weighted by Gasteiger charge is -2.15. The van der Waals surface area contributed by atoms with Crippen LogP contribution < -0.4 is 16.7 Å². The molecule has 3 heterocycles. The molecule has 4 N–H and O–H groups in total. The Bertz CT molecular complexity index is 1490. The number of fused-ring (bicyclic) bond motifs is 1. The maximum atomic E-state index is 15.0. The van der Waals surface area contributed by atoms with Crippen LogP contribution in [0.5, 0.6) is 0 Å². The third kappa shape index (κ3) is 5.05. The Morgan fingerprint density at radius 3 is 2.75 bits per heavy atom. The maximum Gasteiger partial charge on any atom is 0.354 e. The first-order chi connectivity index (χ1) is 17.4. The van der Waals surface area contributed by atoms with Crippen molar-refractivity contribution in [1.82, 2.24) is 19.9 Å². The van der Waals surface area contributed by atoms with Crippen LogP contribution in [0.25, 0.3) is 28.0 Å². The number of aromatic nitrogens is 3. The van der Waals surface area contributed by atoms with Crippen molar-refractivity contribution in [1.29, 1.82) is 0 Å². The summed E-state index contributed by atoms with van der Waals surface area (Å²) in [6.45, 7) is 3.67. The number of H-pyrrole nitrogens is 1. The van der Waals surface area contributed by atoms with Gasteiger partial charge in [0.15, 0.2) is 5.82 Å². The lowest BCUT2D eigenvalue weighted by Crippen LogP contribution is -2.30. The first-order valence-electron chi connectivity index (χ1n) is 12.1. The molecule has 9 heteroatoms. The Kier molecular flexibility index (Phi) is 6.89. The van der Waals surface area contributed by atoms with Gasteiger partial charge in [-0.1, -0.05) is 11.6 Å².